The van der Waals surface area contributed by atoms with Crippen LogP contribution in [0.3, 0.4) is 0 Å². The number of benzene rings is 1. The summed E-state index contributed by atoms with van der Waals surface area (Å²) in [7, 11) is 0. The summed E-state index contributed by atoms with van der Waals surface area (Å²) < 4.78 is 0. The lowest BCUT2D eigenvalue weighted by atomic mass is 9.84. The SMILES string of the molecule is O=C(N[C@H]1CCCC[C@H]1C(=O)O)c1c[nH]c2ccccc12. The molecule has 1 aromatic heterocycles. The number of hydrogen-bond donors (Lipinski definition) is 3. The highest BCUT2D eigenvalue weighted by Gasteiger charge is 2.32. The summed E-state index contributed by atoms with van der Waals surface area (Å²) in [6, 6.07) is 7.30. The third-order valence-corrected chi connectivity index (χ3v) is 4.23. The summed E-state index contributed by atoms with van der Waals surface area (Å²) in [5.74, 6) is -1.50. The van der Waals surface area contributed by atoms with Gasteiger partial charge in [0.15, 0.2) is 0 Å². The summed E-state index contributed by atoms with van der Waals surface area (Å²) in [6.45, 7) is 0. The van der Waals surface area contributed by atoms with Crippen molar-refractivity contribution in [2.24, 2.45) is 5.92 Å². The van der Waals surface area contributed by atoms with E-state index in [9.17, 15) is 14.7 Å². The molecule has 21 heavy (non-hydrogen) atoms. The van der Waals surface area contributed by atoms with E-state index < -0.39 is 11.9 Å². The number of aromatic amines is 1. The number of H-pyrrole nitrogens is 1. The number of fused-ring (bicyclic) bond motifs is 1. The van der Waals surface area contributed by atoms with Crippen LogP contribution in [0.2, 0.25) is 0 Å². The molecule has 0 saturated heterocycles. The molecule has 3 N–H and O–H groups in total. The van der Waals surface area contributed by atoms with Crippen molar-refractivity contribution in [3.8, 4) is 0 Å². The van der Waals surface area contributed by atoms with E-state index in [-0.39, 0.29) is 11.9 Å². The van der Waals surface area contributed by atoms with Crippen molar-refractivity contribution in [2.75, 3.05) is 0 Å². The van der Waals surface area contributed by atoms with Crippen LogP contribution in [0.4, 0.5) is 0 Å². The zero-order valence-corrected chi connectivity index (χ0v) is 11.6. The van der Waals surface area contributed by atoms with E-state index in [0.717, 1.165) is 30.2 Å². The van der Waals surface area contributed by atoms with Gasteiger partial charge in [-0.05, 0) is 18.9 Å². The second-order valence-electron chi connectivity index (χ2n) is 5.56. The van der Waals surface area contributed by atoms with E-state index >= 15 is 0 Å². The summed E-state index contributed by atoms with van der Waals surface area (Å²) in [5, 5.41) is 13.0. The van der Waals surface area contributed by atoms with Crippen LogP contribution in [0, 0.1) is 5.92 Å². The van der Waals surface area contributed by atoms with Gasteiger partial charge in [-0.1, -0.05) is 31.0 Å². The van der Waals surface area contributed by atoms with Crippen LogP contribution >= 0.6 is 0 Å². The quantitative estimate of drug-likeness (QED) is 0.811. The Labute approximate surface area is 122 Å². The molecule has 2 aromatic rings. The molecule has 0 unspecified atom stereocenters. The van der Waals surface area contributed by atoms with Gasteiger partial charge < -0.3 is 15.4 Å². The Morgan fingerprint density at radius 3 is 2.76 bits per heavy atom. The van der Waals surface area contributed by atoms with E-state index in [1.54, 1.807) is 6.20 Å². The lowest BCUT2D eigenvalue weighted by Crippen LogP contribution is -2.45. The molecule has 5 nitrogen and oxygen atoms in total. The molecule has 1 saturated carbocycles. The van der Waals surface area contributed by atoms with Crippen molar-refractivity contribution in [2.45, 2.75) is 31.7 Å². The normalized spacial score (nSPS) is 22.1. The van der Waals surface area contributed by atoms with E-state index in [4.69, 9.17) is 0 Å². The number of carboxylic acid groups (broad SMARTS) is 1. The molecule has 110 valence electrons. The molecule has 1 aliphatic carbocycles. The molecular weight excluding hydrogens is 268 g/mol. The number of nitrogens with one attached hydrogen (secondary N) is 2. The van der Waals surface area contributed by atoms with Gasteiger partial charge in [-0.25, -0.2) is 0 Å². The fraction of sp³-hybridized carbons (Fsp3) is 0.375. The summed E-state index contributed by atoms with van der Waals surface area (Å²) >= 11 is 0. The molecule has 2 atom stereocenters. The standard InChI is InChI=1S/C16H18N2O3/c19-15(12-9-17-13-7-3-1-5-10(12)13)18-14-8-4-2-6-11(14)16(20)21/h1,3,5,7,9,11,14,17H,2,4,6,8H2,(H,18,19)(H,20,21)/t11-,14+/m1/s1. The first kappa shape index (κ1) is 13.7. The smallest absolute Gasteiger partial charge is 0.308 e. The molecule has 0 radical (unpaired) electrons. The zero-order valence-electron chi connectivity index (χ0n) is 11.6. The highest BCUT2D eigenvalue weighted by atomic mass is 16.4. The minimum Gasteiger partial charge on any atom is -0.481 e. The maximum atomic E-state index is 12.4. The summed E-state index contributed by atoms with van der Waals surface area (Å²) in [4.78, 5) is 26.8. The van der Waals surface area contributed by atoms with Crippen molar-refractivity contribution < 1.29 is 14.7 Å². The third kappa shape index (κ3) is 2.63. The molecule has 3 rings (SSSR count). The Balaban J connectivity index is 1.80. The van der Waals surface area contributed by atoms with Crippen molar-refractivity contribution in [1.82, 2.24) is 10.3 Å². The van der Waals surface area contributed by atoms with Crippen LogP contribution < -0.4 is 5.32 Å². The van der Waals surface area contributed by atoms with Crippen LogP contribution in [-0.4, -0.2) is 28.0 Å². The number of carbonyl (C=O) groups excluding carboxylic acids is 1. The van der Waals surface area contributed by atoms with Crippen molar-refractivity contribution in [3.05, 3.63) is 36.0 Å². The number of aliphatic carboxylic acids is 1. The van der Waals surface area contributed by atoms with Gasteiger partial charge in [-0.2, -0.15) is 0 Å². The van der Waals surface area contributed by atoms with E-state index in [2.05, 4.69) is 10.3 Å². The number of aromatic nitrogens is 1. The van der Waals surface area contributed by atoms with Gasteiger partial charge in [0.25, 0.3) is 5.91 Å². The first-order chi connectivity index (χ1) is 10.2. The number of amides is 1. The Morgan fingerprint density at radius 1 is 1.19 bits per heavy atom. The van der Waals surface area contributed by atoms with Crippen LogP contribution in [0.15, 0.2) is 30.5 Å². The van der Waals surface area contributed by atoms with Crippen LogP contribution in [0.25, 0.3) is 10.9 Å². The molecule has 0 spiro atoms. The highest BCUT2D eigenvalue weighted by molar-refractivity contribution is 6.06. The molecule has 1 amide bonds. The maximum Gasteiger partial charge on any atom is 0.308 e. The minimum absolute atomic E-state index is 0.203. The first-order valence-corrected chi connectivity index (χ1v) is 7.26. The Morgan fingerprint density at radius 2 is 1.95 bits per heavy atom. The number of para-hydroxylation sites is 1. The molecule has 1 fully saturated rings. The van der Waals surface area contributed by atoms with Gasteiger partial charge in [-0.15, -0.1) is 0 Å². The Kier molecular flexibility index (Phi) is 3.64. The lowest BCUT2D eigenvalue weighted by Gasteiger charge is -2.29. The first-order valence-electron chi connectivity index (χ1n) is 7.26. The number of hydrogen-bond acceptors (Lipinski definition) is 2. The van der Waals surface area contributed by atoms with Gasteiger partial charge in [0.05, 0.1) is 11.5 Å². The topological polar surface area (TPSA) is 82.2 Å². The second kappa shape index (κ2) is 5.60. The monoisotopic (exact) mass is 286 g/mol. The van der Waals surface area contributed by atoms with Gasteiger partial charge in [-0.3, -0.25) is 9.59 Å². The largest absolute Gasteiger partial charge is 0.481 e. The zero-order chi connectivity index (χ0) is 14.8. The fourth-order valence-corrected chi connectivity index (χ4v) is 3.10. The molecule has 5 heteroatoms. The fourth-order valence-electron chi connectivity index (χ4n) is 3.10. The van der Waals surface area contributed by atoms with Gasteiger partial charge >= 0.3 is 5.97 Å². The minimum atomic E-state index is -0.820. The number of carboxylic acids is 1. The van der Waals surface area contributed by atoms with Gasteiger partial charge in [0, 0.05) is 23.1 Å². The average molecular weight is 286 g/mol. The molecule has 1 aromatic carbocycles. The highest BCUT2D eigenvalue weighted by Crippen LogP contribution is 2.25. The molecule has 0 bridgehead atoms. The van der Waals surface area contributed by atoms with Crippen molar-refractivity contribution in [1.29, 1.82) is 0 Å². The third-order valence-electron chi connectivity index (χ3n) is 4.23. The van der Waals surface area contributed by atoms with E-state index in [1.807, 2.05) is 24.3 Å². The van der Waals surface area contributed by atoms with Gasteiger partial charge in [0.1, 0.15) is 0 Å². The van der Waals surface area contributed by atoms with E-state index in [1.165, 1.54) is 0 Å². The van der Waals surface area contributed by atoms with Crippen LogP contribution in [-0.2, 0) is 4.79 Å². The summed E-state index contributed by atoms with van der Waals surface area (Å²) in [6.07, 6.45) is 4.91. The maximum absolute atomic E-state index is 12.4. The lowest BCUT2D eigenvalue weighted by molar-refractivity contribution is -0.143. The number of carbonyl (C=O) groups is 2. The number of rotatable bonds is 3. The van der Waals surface area contributed by atoms with E-state index in [0.29, 0.717) is 12.0 Å². The predicted molar refractivity (Wildman–Crippen MR) is 79.1 cm³/mol. The summed E-state index contributed by atoms with van der Waals surface area (Å²) in [5.41, 5.74) is 1.47. The van der Waals surface area contributed by atoms with Gasteiger partial charge in [0.2, 0.25) is 0 Å². The van der Waals surface area contributed by atoms with Crippen LogP contribution in [0.5, 0.6) is 0 Å². The van der Waals surface area contributed by atoms with Crippen LogP contribution in [0.1, 0.15) is 36.0 Å². The van der Waals surface area contributed by atoms with Crippen molar-refractivity contribution >= 4 is 22.8 Å². The Bertz CT molecular complexity index is 677. The molecular formula is C16H18N2O3. The molecule has 1 aliphatic rings. The Hall–Kier alpha value is -2.30. The molecule has 0 aliphatic heterocycles. The average Bonchev–Trinajstić information content (AvgIpc) is 2.91. The predicted octanol–water partition coefficient (Wildman–Crippen LogP) is 2.54. The second-order valence-corrected chi connectivity index (χ2v) is 5.56. The molecule has 1 heterocycles. The van der Waals surface area contributed by atoms with Crippen molar-refractivity contribution in [3.63, 3.8) is 0 Å².